The number of carbonyl (C=O) groups excluding carboxylic acids is 1. The molecule has 0 atom stereocenters. The molecule has 0 unspecified atom stereocenters. The van der Waals surface area contributed by atoms with Gasteiger partial charge in [0.05, 0.1) is 10.9 Å². The van der Waals surface area contributed by atoms with E-state index in [2.05, 4.69) is 26.6 Å². The molecule has 0 aromatic rings. The summed E-state index contributed by atoms with van der Waals surface area (Å²) in [6.45, 7) is 0. The lowest BCUT2D eigenvalue weighted by atomic mass is 9.44. The van der Waals surface area contributed by atoms with Crippen molar-refractivity contribution >= 4 is 27.9 Å². The van der Waals surface area contributed by atoms with Crippen LogP contribution in [0, 0.1) is 0 Å². The maximum atomic E-state index is 11.1. The monoisotopic (exact) mass is 262 g/mol. The molecule has 5 nitrogen and oxygen atoms in total. The molecular formula is C8H11BrN2O3. The molecule has 3 saturated carbocycles. The molecule has 14 heavy (non-hydrogen) atoms. The number of nitrogens with one attached hydrogen (secondary N) is 2. The van der Waals surface area contributed by atoms with Gasteiger partial charge in [-0.15, -0.1) is 0 Å². The minimum Gasteiger partial charge on any atom is -0.465 e. The average Bonchev–Trinajstić information content (AvgIpc) is 1.97. The third-order valence-electron chi connectivity index (χ3n) is 2.93. The quantitative estimate of drug-likeness (QED) is 0.646. The number of hydrogen-bond acceptors (Lipinski definition) is 2. The number of hydrogen-bond donors (Lipinski definition) is 3. The normalized spacial score (nSPS) is 37.8. The predicted octanol–water partition coefficient (Wildman–Crippen LogP) is 0.440. The summed E-state index contributed by atoms with van der Waals surface area (Å²) in [4.78, 5) is 21.5. The fourth-order valence-corrected chi connectivity index (χ4v) is 2.75. The minimum absolute atomic E-state index is 0.0337. The topological polar surface area (TPSA) is 78.4 Å². The first-order valence-corrected chi connectivity index (χ1v) is 5.50. The van der Waals surface area contributed by atoms with Crippen molar-refractivity contribution in [2.24, 2.45) is 0 Å². The molecule has 0 heterocycles. The van der Waals surface area contributed by atoms with E-state index in [1.165, 1.54) is 0 Å². The Labute approximate surface area is 89.4 Å². The fraction of sp³-hybridized carbons (Fsp3) is 0.750. The smallest absolute Gasteiger partial charge is 0.405 e. The Morgan fingerprint density at radius 2 is 1.71 bits per heavy atom. The lowest BCUT2D eigenvalue weighted by Gasteiger charge is -2.69. The zero-order valence-corrected chi connectivity index (χ0v) is 9.06. The van der Waals surface area contributed by atoms with Crippen LogP contribution in [0.5, 0.6) is 0 Å². The molecule has 0 spiro atoms. The molecule has 3 rings (SSSR count). The lowest BCUT2D eigenvalue weighted by Crippen LogP contribution is -2.83. The zero-order chi connectivity index (χ0) is 10.4. The van der Waals surface area contributed by atoms with Crippen LogP contribution in [-0.4, -0.2) is 33.5 Å². The molecule has 0 aliphatic heterocycles. The highest BCUT2D eigenvalue weighted by molar-refractivity contribution is 9.09. The van der Waals surface area contributed by atoms with Crippen molar-refractivity contribution in [2.45, 2.75) is 30.3 Å². The summed E-state index contributed by atoms with van der Waals surface area (Å²) in [5.41, 5.74) is -0.362. The second-order valence-corrected chi connectivity index (χ2v) is 4.76. The van der Waals surface area contributed by atoms with Gasteiger partial charge in [-0.1, -0.05) is 15.9 Å². The van der Waals surface area contributed by atoms with Crippen LogP contribution >= 0.6 is 15.9 Å². The summed E-state index contributed by atoms with van der Waals surface area (Å²) in [5.74, 6) is -0.0337. The Morgan fingerprint density at radius 3 is 2.14 bits per heavy atom. The summed E-state index contributed by atoms with van der Waals surface area (Å²) >= 11 is 3.07. The van der Waals surface area contributed by atoms with Crippen LogP contribution in [-0.2, 0) is 4.79 Å². The number of carbonyl (C=O) groups is 2. The van der Waals surface area contributed by atoms with Crippen molar-refractivity contribution in [2.75, 3.05) is 5.33 Å². The highest BCUT2D eigenvalue weighted by atomic mass is 79.9. The van der Waals surface area contributed by atoms with E-state index in [1.807, 2.05) is 0 Å². The van der Waals surface area contributed by atoms with Crippen molar-refractivity contribution in [3.05, 3.63) is 0 Å². The average molecular weight is 263 g/mol. The minimum atomic E-state index is -0.981. The Morgan fingerprint density at radius 1 is 1.21 bits per heavy atom. The van der Waals surface area contributed by atoms with Gasteiger partial charge in [0.1, 0.15) is 0 Å². The summed E-state index contributed by atoms with van der Waals surface area (Å²) in [6, 6.07) is 0. The van der Waals surface area contributed by atoms with E-state index in [0.717, 1.165) is 19.3 Å². The van der Waals surface area contributed by atoms with Crippen molar-refractivity contribution in [3.8, 4) is 0 Å². The maximum absolute atomic E-state index is 11.1. The molecule has 3 aliphatic carbocycles. The molecular weight excluding hydrogens is 252 g/mol. The fourth-order valence-electron chi connectivity index (χ4n) is 2.61. The SMILES string of the molecule is O=C(O)NC12CC(NC(=O)CBr)(C1)C2. The predicted molar refractivity (Wildman–Crippen MR) is 52.4 cm³/mol. The van der Waals surface area contributed by atoms with Gasteiger partial charge in [-0.2, -0.15) is 0 Å². The van der Waals surface area contributed by atoms with E-state index < -0.39 is 6.09 Å². The Balaban J connectivity index is 1.82. The van der Waals surface area contributed by atoms with Crippen LogP contribution in [0.4, 0.5) is 4.79 Å². The molecule has 0 aromatic heterocycles. The van der Waals surface area contributed by atoms with E-state index in [-0.39, 0.29) is 17.0 Å². The maximum Gasteiger partial charge on any atom is 0.405 e. The summed E-state index contributed by atoms with van der Waals surface area (Å²) in [5, 5.41) is 14.2. The Hall–Kier alpha value is -0.780. The van der Waals surface area contributed by atoms with Crippen LogP contribution in [0.15, 0.2) is 0 Å². The van der Waals surface area contributed by atoms with Gasteiger partial charge < -0.3 is 15.7 Å². The van der Waals surface area contributed by atoms with Gasteiger partial charge in [0, 0.05) is 5.54 Å². The number of alkyl halides is 1. The van der Waals surface area contributed by atoms with E-state index in [0.29, 0.717) is 5.33 Å². The standard InChI is InChI=1S/C8H11BrN2O3/c9-1-5(12)10-7-2-8(3-7,4-7)11-6(13)14/h11H,1-4H2,(H,10,12)(H,13,14). The number of carboxylic acid groups (broad SMARTS) is 1. The molecule has 78 valence electrons. The number of amides is 2. The molecule has 2 amide bonds. The lowest BCUT2D eigenvalue weighted by molar-refractivity contribution is -0.137. The molecule has 6 heteroatoms. The van der Waals surface area contributed by atoms with Crippen LogP contribution in [0.25, 0.3) is 0 Å². The van der Waals surface area contributed by atoms with Gasteiger partial charge in [0.25, 0.3) is 0 Å². The van der Waals surface area contributed by atoms with E-state index in [9.17, 15) is 9.59 Å². The highest BCUT2D eigenvalue weighted by Crippen LogP contribution is 2.60. The number of halogens is 1. The van der Waals surface area contributed by atoms with Crippen LogP contribution < -0.4 is 10.6 Å². The molecule has 3 N–H and O–H groups in total. The van der Waals surface area contributed by atoms with Gasteiger partial charge in [-0.3, -0.25) is 4.79 Å². The Bertz CT molecular complexity index is 285. The van der Waals surface area contributed by atoms with E-state index in [4.69, 9.17) is 5.11 Å². The second kappa shape index (κ2) is 2.85. The molecule has 2 bridgehead atoms. The second-order valence-electron chi connectivity index (χ2n) is 4.20. The molecule has 0 aromatic carbocycles. The van der Waals surface area contributed by atoms with E-state index >= 15 is 0 Å². The van der Waals surface area contributed by atoms with Crippen molar-refractivity contribution in [3.63, 3.8) is 0 Å². The highest BCUT2D eigenvalue weighted by Gasteiger charge is 2.69. The van der Waals surface area contributed by atoms with Gasteiger partial charge in [0.2, 0.25) is 5.91 Å². The molecule has 3 aliphatic rings. The third kappa shape index (κ3) is 1.37. The van der Waals surface area contributed by atoms with Gasteiger partial charge in [-0.25, -0.2) is 4.79 Å². The molecule has 3 fully saturated rings. The van der Waals surface area contributed by atoms with Crippen LogP contribution in [0.2, 0.25) is 0 Å². The van der Waals surface area contributed by atoms with Crippen LogP contribution in [0.1, 0.15) is 19.3 Å². The molecule has 0 saturated heterocycles. The largest absolute Gasteiger partial charge is 0.465 e. The summed E-state index contributed by atoms with van der Waals surface area (Å²) < 4.78 is 0. The van der Waals surface area contributed by atoms with Crippen molar-refractivity contribution in [1.29, 1.82) is 0 Å². The van der Waals surface area contributed by atoms with Gasteiger partial charge in [-0.05, 0) is 19.3 Å². The van der Waals surface area contributed by atoms with Crippen molar-refractivity contribution < 1.29 is 14.7 Å². The summed E-state index contributed by atoms with van der Waals surface area (Å²) in [6.07, 6.45) is 1.20. The third-order valence-corrected chi connectivity index (χ3v) is 3.44. The first-order valence-electron chi connectivity index (χ1n) is 4.37. The van der Waals surface area contributed by atoms with Crippen molar-refractivity contribution in [1.82, 2.24) is 10.6 Å². The number of rotatable bonds is 3. The summed E-state index contributed by atoms with van der Waals surface area (Å²) in [7, 11) is 0. The van der Waals surface area contributed by atoms with Gasteiger partial charge in [0.15, 0.2) is 0 Å². The molecule has 0 radical (unpaired) electrons. The van der Waals surface area contributed by atoms with E-state index in [1.54, 1.807) is 0 Å². The first-order chi connectivity index (χ1) is 6.49. The first kappa shape index (κ1) is 9.76. The Kier molecular flexibility index (Phi) is 1.99. The van der Waals surface area contributed by atoms with Crippen LogP contribution in [0.3, 0.4) is 0 Å². The zero-order valence-electron chi connectivity index (χ0n) is 7.47. The van der Waals surface area contributed by atoms with Gasteiger partial charge >= 0.3 is 6.09 Å².